The Morgan fingerprint density at radius 2 is 2.00 bits per heavy atom. The van der Waals surface area contributed by atoms with Crippen LogP contribution >= 0.6 is 0 Å². The number of nitrogens with two attached hydrogens (primary N) is 1. The summed E-state index contributed by atoms with van der Waals surface area (Å²) in [7, 11) is -3.43. The lowest BCUT2D eigenvalue weighted by molar-refractivity contribution is 0.560. The number of hydrogen-bond donors (Lipinski definition) is 2. The molecule has 3 N–H and O–H groups in total. The van der Waals surface area contributed by atoms with E-state index >= 15 is 0 Å². The molecule has 1 aromatic rings. The van der Waals surface area contributed by atoms with Crippen molar-refractivity contribution < 1.29 is 8.42 Å². The number of hydrogen-bond acceptors (Lipinski definition) is 3. The lowest BCUT2D eigenvalue weighted by Gasteiger charge is -2.12. The van der Waals surface area contributed by atoms with E-state index in [-0.39, 0.29) is 16.9 Å². The van der Waals surface area contributed by atoms with E-state index in [0.717, 1.165) is 12.0 Å². The third kappa shape index (κ3) is 4.08. The van der Waals surface area contributed by atoms with Crippen LogP contribution < -0.4 is 10.5 Å². The van der Waals surface area contributed by atoms with Gasteiger partial charge < -0.3 is 5.73 Å². The van der Waals surface area contributed by atoms with Gasteiger partial charge in [-0.2, -0.15) is 0 Å². The van der Waals surface area contributed by atoms with Crippen LogP contribution in [-0.4, -0.2) is 15.0 Å². The monoisotopic (exact) mass is 270 g/mol. The third-order valence-electron chi connectivity index (χ3n) is 2.72. The van der Waals surface area contributed by atoms with Crippen LogP contribution in [0.2, 0.25) is 0 Å². The Morgan fingerprint density at radius 1 is 1.33 bits per heavy atom. The maximum Gasteiger partial charge on any atom is 0.240 e. The molecule has 0 amide bonds. The fourth-order valence-corrected chi connectivity index (χ4v) is 2.78. The zero-order valence-electron chi connectivity index (χ0n) is 11.2. The van der Waals surface area contributed by atoms with Crippen molar-refractivity contribution in [3.8, 4) is 0 Å². The molecule has 0 aliphatic rings. The molecule has 0 aliphatic heterocycles. The molecule has 1 unspecified atom stereocenters. The summed E-state index contributed by atoms with van der Waals surface area (Å²) in [5, 5.41) is 0. The van der Waals surface area contributed by atoms with E-state index in [4.69, 9.17) is 5.73 Å². The van der Waals surface area contributed by atoms with E-state index in [1.807, 2.05) is 26.8 Å². The van der Waals surface area contributed by atoms with Crippen LogP contribution in [0.5, 0.6) is 0 Å². The highest BCUT2D eigenvalue weighted by Crippen LogP contribution is 2.18. The normalized spacial score (nSPS) is 13.8. The maximum atomic E-state index is 12.0. The van der Waals surface area contributed by atoms with Gasteiger partial charge in [-0.1, -0.05) is 32.9 Å². The SMILES string of the molecule is CCC(N)c1cccc(S(=O)(=O)NCC(C)C)c1. The van der Waals surface area contributed by atoms with Crippen LogP contribution in [0, 0.1) is 5.92 Å². The fraction of sp³-hybridized carbons (Fsp3) is 0.538. The molecule has 0 bridgehead atoms. The van der Waals surface area contributed by atoms with E-state index in [2.05, 4.69) is 4.72 Å². The molecule has 5 heteroatoms. The molecule has 1 aromatic carbocycles. The van der Waals surface area contributed by atoms with Gasteiger partial charge in [-0.05, 0) is 30.0 Å². The van der Waals surface area contributed by atoms with Gasteiger partial charge in [0, 0.05) is 12.6 Å². The second kappa shape index (κ2) is 6.31. The zero-order chi connectivity index (χ0) is 13.8. The highest BCUT2D eigenvalue weighted by atomic mass is 32.2. The van der Waals surface area contributed by atoms with E-state index in [9.17, 15) is 8.42 Å². The van der Waals surface area contributed by atoms with Crippen molar-refractivity contribution >= 4 is 10.0 Å². The topological polar surface area (TPSA) is 72.2 Å². The van der Waals surface area contributed by atoms with E-state index < -0.39 is 10.0 Å². The summed E-state index contributed by atoms with van der Waals surface area (Å²) in [5.74, 6) is 0.279. The van der Waals surface area contributed by atoms with Gasteiger partial charge in [-0.25, -0.2) is 13.1 Å². The predicted octanol–water partition coefficient (Wildman–Crippen LogP) is 2.03. The Kier molecular flexibility index (Phi) is 5.31. The molecule has 0 fully saturated rings. The van der Waals surface area contributed by atoms with Crippen LogP contribution in [0.1, 0.15) is 38.8 Å². The van der Waals surface area contributed by atoms with Gasteiger partial charge in [0.2, 0.25) is 10.0 Å². The number of nitrogens with one attached hydrogen (secondary N) is 1. The van der Waals surface area contributed by atoms with Crippen molar-refractivity contribution in [1.82, 2.24) is 4.72 Å². The van der Waals surface area contributed by atoms with Crippen LogP contribution in [0.15, 0.2) is 29.2 Å². The number of rotatable bonds is 6. The van der Waals surface area contributed by atoms with Gasteiger partial charge in [-0.3, -0.25) is 0 Å². The van der Waals surface area contributed by atoms with Crippen molar-refractivity contribution in [2.45, 2.75) is 38.1 Å². The molecular formula is C13H22N2O2S. The molecule has 0 aliphatic carbocycles. The van der Waals surface area contributed by atoms with Crippen molar-refractivity contribution in [3.63, 3.8) is 0 Å². The standard InChI is InChI=1S/C13H22N2O2S/c1-4-13(14)11-6-5-7-12(8-11)18(16,17)15-9-10(2)3/h5-8,10,13,15H,4,9,14H2,1-3H3. The smallest absolute Gasteiger partial charge is 0.240 e. The first-order valence-corrected chi connectivity index (χ1v) is 7.70. The third-order valence-corrected chi connectivity index (χ3v) is 4.14. The summed E-state index contributed by atoms with van der Waals surface area (Å²) >= 11 is 0. The molecule has 0 spiro atoms. The van der Waals surface area contributed by atoms with Crippen molar-refractivity contribution in [1.29, 1.82) is 0 Å². The average molecular weight is 270 g/mol. The van der Waals surface area contributed by atoms with Crippen LogP contribution in [0.4, 0.5) is 0 Å². The lowest BCUT2D eigenvalue weighted by Crippen LogP contribution is -2.27. The van der Waals surface area contributed by atoms with E-state index in [1.165, 1.54) is 0 Å². The first kappa shape index (κ1) is 15.1. The van der Waals surface area contributed by atoms with Gasteiger partial charge in [0.15, 0.2) is 0 Å². The van der Waals surface area contributed by atoms with Gasteiger partial charge in [0.1, 0.15) is 0 Å². The molecule has 0 radical (unpaired) electrons. The van der Waals surface area contributed by atoms with Gasteiger partial charge in [-0.15, -0.1) is 0 Å². The second-order valence-electron chi connectivity index (χ2n) is 4.83. The molecule has 18 heavy (non-hydrogen) atoms. The van der Waals surface area contributed by atoms with Crippen LogP contribution in [0.3, 0.4) is 0 Å². The summed E-state index contributed by atoms with van der Waals surface area (Å²) in [5.41, 5.74) is 6.77. The maximum absolute atomic E-state index is 12.0. The Labute approximate surface area is 110 Å². The summed E-state index contributed by atoms with van der Waals surface area (Å²) in [6.07, 6.45) is 0.781. The molecule has 1 rings (SSSR count). The first-order valence-electron chi connectivity index (χ1n) is 6.22. The minimum atomic E-state index is -3.43. The Hall–Kier alpha value is -0.910. The molecule has 1 atom stereocenters. The molecule has 4 nitrogen and oxygen atoms in total. The number of sulfonamides is 1. The first-order chi connectivity index (χ1) is 8.36. The molecular weight excluding hydrogens is 248 g/mol. The molecule has 0 saturated heterocycles. The van der Waals surface area contributed by atoms with E-state index in [0.29, 0.717) is 6.54 Å². The summed E-state index contributed by atoms with van der Waals surface area (Å²) in [4.78, 5) is 0.282. The highest BCUT2D eigenvalue weighted by Gasteiger charge is 2.15. The molecule has 0 saturated carbocycles. The van der Waals surface area contributed by atoms with Crippen molar-refractivity contribution in [2.24, 2.45) is 11.7 Å². The number of benzene rings is 1. The second-order valence-corrected chi connectivity index (χ2v) is 6.60. The van der Waals surface area contributed by atoms with Crippen molar-refractivity contribution in [3.05, 3.63) is 29.8 Å². The Bertz CT molecular complexity index is 484. The van der Waals surface area contributed by atoms with Gasteiger partial charge >= 0.3 is 0 Å². The van der Waals surface area contributed by atoms with Crippen LogP contribution in [-0.2, 0) is 10.0 Å². The molecule has 0 heterocycles. The van der Waals surface area contributed by atoms with Crippen LogP contribution in [0.25, 0.3) is 0 Å². The average Bonchev–Trinajstić information content (AvgIpc) is 2.35. The predicted molar refractivity (Wildman–Crippen MR) is 73.7 cm³/mol. The summed E-state index contributed by atoms with van der Waals surface area (Å²) in [6.45, 7) is 6.34. The molecule has 0 aromatic heterocycles. The largest absolute Gasteiger partial charge is 0.324 e. The quantitative estimate of drug-likeness (QED) is 0.830. The van der Waals surface area contributed by atoms with E-state index in [1.54, 1.807) is 18.2 Å². The van der Waals surface area contributed by atoms with Gasteiger partial charge in [0.05, 0.1) is 4.90 Å². The highest BCUT2D eigenvalue weighted by molar-refractivity contribution is 7.89. The summed E-state index contributed by atoms with van der Waals surface area (Å²) < 4.78 is 26.7. The summed E-state index contributed by atoms with van der Waals surface area (Å²) in [6, 6.07) is 6.71. The minimum absolute atomic E-state index is 0.120. The molecule has 102 valence electrons. The van der Waals surface area contributed by atoms with Crippen molar-refractivity contribution in [2.75, 3.05) is 6.54 Å². The Balaban J connectivity index is 2.95. The fourth-order valence-electron chi connectivity index (χ4n) is 1.51. The minimum Gasteiger partial charge on any atom is -0.324 e. The van der Waals surface area contributed by atoms with Gasteiger partial charge in [0.25, 0.3) is 0 Å². The lowest BCUT2D eigenvalue weighted by atomic mass is 10.1. The Morgan fingerprint density at radius 3 is 2.56 bits per heavy atom. The zero-order valence-corrected chi connectivity index (χ0v) is 12.0.